The fraction of sp³-hybridized carbons (Fsp3) is 0.394. The molecule has 0 aliphatic heterocycles. The second-order valence-electron chi connectivity index (χ2n) is 10.4. The van der Waals surface area contributed by atoms with Gasteiger partial charge < -0.3 is 34.6 Å². The Kier molecular flexibility index (Phi) is 12.1. The van der Waals surface area contributed by atoms with Crippen molar-refractivity contribution < 1.29 is 23.7 Å². The number of amides is 1. The topological polar surface area (TPSA) is 141 Å². The largest absolute Gasteiger partial charge is 0.490 e. The number of fused-ring (bicyclic) bond motifs is 1. The minimum Gasteiger partial charge on any atom is -0.490 e. The van der Waals surface area contributed by atoms with Crippen LogP contribution in [0.15, 0.2) is 60.0 Å². The second-order valence-corrected chi connectivity index (χ2v) is 11.3. The third-order valence-corrected chi connectivity index (χ3v) is 7.96. The molecule has 0 saturated heterocycles. The maximum absolute atomic E-state index is 13.5. The number of thiophene rings is 1. The summed E-state index contributed by atoms with van der Waals surface area (Å²) in [4.78, 5) is 15.0. The summed E-state index contributed by atoms with van der Waals surface area (Å²) in [6.45, 7) is 8.95. The van der Waals surface area contributed by atoms with Crippen molar-refractivity contribution in [2.75, 3.05) is 52.7 Å². The molecule has 2 aromatic carbocycles. The molecule has 0 unspecified atom stereocenters. The average molecular weight is 648 g/mol. The first-order valence-electron chi connectivity index (χ1n) is 15.6. The van der Waals surface area contributed by atoms with Crippen molar-refractivity contribution in [2.45, 2.75) is 33.4 Å². The van der Waals surface area contributed by atoms with E-state index in [9.17, 15) is 4.79 Å². The summed E-state index contributed by atoms with van der Waals surface area (Å²) < 4.78 is 25.4. The lowest BCUT2D eigenvalue weighted by Crippen LogP contribution is -2.28. The molecule has 5 rings (SSSR count). The summed E-state index contributed by atoms with van der Waals surface area (Å²) in [5, 5.41) is 18.1. The normalized spacial score (nSPS) is 11.3. The standard InChI is InChI=1S/C33H41N7O5S/c1-3-44-29-9-8-24(21-30(29)45-4-2)10-13-35-33(41)28-22-31-27(11-19-46-31)39(28)23-25-6-5-7-26(20-25)32-36-38-40(37-32)14-16-43-18-17-42-15-12-34/h5-9,11,19-22H,3-4,10,12-18,23,34H2,1-2H3,(H,35,41). The molecule has 13 heteroatoms. The molecule has 5 aromatic rings. The minimum absolute atomic E-state index is 0.117. The molecule has 46 heavy (non-hydrogen) atoms. The fourth-order valence-electron chi connectivity index (χ4n) is 4.99. The molecule has 244 valence electrons. The van der Waals surface area contributed by atoms with Gasteiger partial charge in [0, 0.05) is 25.2 Å². The van der Waals surface area contributed by atoms with Crippen molar-refractivity contribution in [3.63, 3.8) is 0 Å². The molecule has 0 spiro atoms. The van der Waals surface area contributed by atoms with E-state index in [1.165, 1.54) is 4.80 Å². The van der Waals surface area contributed by atoms with Gasteiger partial charge in [-0.3, -0.25) is 4.79 Å². The number of carbonyl (C=O) groups excluding carboxylic acids is 1. The molecule has 3 N–H and O–H groups in total. The van der Waals surface area contributed by atoms with E-state index in [2.05, 4.69) is 31.4 Å². The third kappa shape index (κ3) is 8.69. The number of nitrogens with zero attached hydrogens (tertiary/aromatic N) is 5. The quantitative estimate of drug-likeness (QED) is 0.126. The Labute approximate surface area is 272 Å². The molecule has 3 aromatic heterocycles. The van der Waals surface area contributed by atoms with Crippen LogP contribution in [0.3, 0.4) is 0 Å². The highest BCUT2D eigenvalue weighted by atomic mass is 32.1. The second kappa shape index (κ2) is 16.9. The van der Waals surface area contributed by atoms with Crippen molar-refractivity contribution in [1.82, 2.24) is 30.1 Å². The lowest BCUT2D eigenvalue weighted by molar-refractivity contribution is 0.0456. The number of tetrazole rings is 1. The van der Waals surface area contributed by atoms with Crippen LogP contribution in [0.4, 0.5) is 0 Å². The number of benzene rings is 2. The van der Waals surface area contributed by atoms with Crippen LogP contribution in [0.2, 0.25) is 0 Å². The smallest absolute Gasteiger partial charge is 0.267 e. The lowest BCUT2D eigenvalue weighted by Gasteiger charge is -2.13. The number of rotatable bonds is 19. The Bertz CT molecular complexity index is 1700. The third-order valence-electron chi connectivity index (χ3n) is 7.11. The summed E-state index contributed by atoms with van der Waals surface area (Å²) in [7, 11) is 0. The van der Waals surface area contributed by atoms with E-state index in [0.29, 0.717) is 83.8 Å². The van der Waals surface area contributed by atoms with Crippen molar-refractivity contribution in [3.8, 4) is 22.9 Å². The van der Waals surface area contributed by atoms with Crippen LogP contribution >= 0.6 is 11.3 Å². The van der Waals surface area contributed by atoms with Gasteiger partial charge in [0.1, 0.15) is 5.69 Å². The number of ether oxygens (including phenoxy) is 4. The van der Waals surface area contributed by atoms with Gasteiger partial charge in [-0.25, -0.2) is 0 Å². The summed E-state index contributed by atoms with van der Waals surface area (Å²) in [6, 6.07) is 17.9. The Morgan fingerprint density at radius 3 is 2.59 bits per heavy atom. The number of nitrogens with two attached hydrogens (primary N) is 1. The first kappa shape index (κ1) is 33.1. The molecular weight excluding hydrogens is 606 g/mol. The maximum Gasteiger partial charge on any atom is 0.267 e. The zero-order valence-electron chi connectivity index (χ0n) is 26.3. The number of carbonyl (C=O) groups is 1. The molecule has 0 aliphatic rings. The van der Waals surface area contributed by atoms with Crippen LogP contribution in [0.25, 0.3) is 21.6 Å². The monoisotopic (exact) mass is 647 g/mol. The molecule has 12 nitrogen and oxygen atoms in total. The van der Waals surface area contributed by atoms with Crippen molar-refractivity contribution in [3.05, 3.63) is 76.8 Å². The maximum atomic E-state index is 13.5. The number of aromatic nitrogens is 5. The lowest BCUT2D eigenvalue weighted by atomic mass is 10.1. The summed E-state index contributed by atoms with van der Waals surface area (Å²) in [5.74, 6) is 1.86. The minimum atomic E-state index is -0.117. The molecule has 0 atom stereocenters. The van der Waals surface area contributed by atoms with Crippen molar-refractivity contribution in [1.29, 1.82) is 0 Å². The van der Waals surface area contributed by atoms with Gasteiger partial charge in [0.05, 0.1) is 56.4 Å². The van der Waals surface area contributed by atoms with E-state index in [4.69, 9.17) is 24.7 Å². The molecule has 3 heterocycles. The van der Waals surface area contributed by atoms with Crippen molar-refractivity contribution in [2.24, 2.45) is 5.73 Å². The Morgan fingerprint density at radius 2 is 1.76 bits per heavy atom. The highest BCUT2D eigenvalue weighted by Crippen LogP contribution is 2.29. The highest BCUT2D eigenvalue weighted by molar-refractivity contribution is 7.17. The van der Waals surface area contributed by atoms with Gasteiger partial charge in [-0.1, -0.05) is 24.3 Å². The van der Waals surface area contributed by atoms with Crippen molar-refractivity contribution >= 4 is 27.5 Å². The zero-order chi connectivity index (χ0) is 32.1. The predicted octanol–water partition coefficient (Wildman–Crippen LogP) is 4.17. The van der Waals surface area contributed by atoms with Gasteiger partial charge >= 0.3 is 0 Å². The fourth-order valence-corrected chi connectivity index (χ4v) is 5.82. The van der Waals surface area contributed by atoms with Gasteiger partial charge in [0.25, 0.3) is 5.91 Å². The average Bonchev–Trinajstić information content (AvgIpc) is 3.80. The van der Waals surface area contributed by atoms with Gasteiger partial charge in [-0.15, -0.1) is 21.5 Å². The van der Waals surface area contributed by atoms with Gasteiger partial charge in [0.15, 0.2) is 11.5 Å². The van der Waals surface area contributed by atoms with Crippen LogP contribution < -0.4 is 20.5 Å². The van der Waals surface area contributed by atoms with E-state index in [-0.39, 0.29) is 5.91 Å². The Morgan fingerprint density at radius 1 is 0.935 bits per heavy atom. The van der Waals surface area contributed by atoms with E-state index < -0.39 is 0 Å². The summed E-state index contributed by atoms with van der Waals surface area (Å²) in [6.07, 6.45) is 0.665. The van der Waals surface area contributed by atoms with Gasteiger partial charge in [0.2, 0.25) is 5.82 Å². The van der Waals surface area contributed by atoms with Crippen LogP contribution in [0.5, 0.6) is 11.5 Å². The number of hydrogen-bond donors (Lipinski definition) is 2. The number of nitrogens with one attached hydrogen (secondary N) is 1. The molecule has 0 saturated carbocycles. The first-order valence-corrected chi connectivity index (χ1v) is 16.4. The van der Waals surface area contributed by atoms with Crippen LogP contribution in [-0.4, -0.2) is 83.4 Å². The van der Waals surface area contributed by atoms with E-state index >= 15 is 0 Å². The van der Waals surface area contributed by atoms with Crippen LogP contribution in [-0.2, 0) is 29.0 Å². The number of hydrogen-bond acceptors (Lipinski definition) is 10. The van der Waals surface area contributed by atoms with Gasteiger partial charge in [-0.05, 0) is 72.3 Å². The Balaban J connectivity index is 1.21. The van der Waals surface area contributed by atoms with E-state index in [0.717, 1.165) is 38.4 Å². The molecule has 0 bridgehead atoms. The summed E-state index contributed by atoms with van der Waals surface area (Å²) >= 11 is 1.62. The van der Waals surface area contributed by atoms with Gasteiger partial charge in [-0.2, -0.15) is 4.80 Å². The molecule has 1 amide bonds. The van der Waals surface area contributed by atoms with Crippen LogP contribution in [0, 0.1) is 0 Å². The molecule has 0 radical (unpaired) electrons. The predicted molar refractivity (Wildman–Crippen MR) is 178 cm³/mol. The molecular formula is C33H41N7O5S. The SMILES string of the molecule is CCOc1ccc(CCNC(=O)c2cc3sccc3n2Cc2cccc(-c3nnn(CCOCCOCCN)n3)c2)cc1OCC. The Hall–Kier alpha value is -4.30. The van der Waals surface area contributed by atoms with E-state index in [1.807, 2.05) is 67.8 Å². The zero-order valence-corrected chi connectivity index (χ0v) is 27.1. The highest BCUT2D eigenvalue weighted by Gasteiger charge is 2.17. The first-order chi connectivity index (χ1) is 22.6. The molecule has 0 aliphatic carbocycles. The van der Waals surface area contributed by atoms with Crippen LogP contribution in [0.1, 0.15) is 35.5 Å². The van der Waals surface area contributed by atoms with E-state index in [1.54, 1.807) is 11.3 Å². The molecule has 0 fully saturated rings. The summed E-state index contributed by atoms with van der Waals surface area (Å²) in [5.41, 5.74) is 9.98.